The van der Waals surface area contributed by atoms with Gasteiger partial charge in [0.2, 0.25) is 0 Å². The molecule has 3 rings (SSSR count). The lowest BCUT2D eigenvalue weighted by Gasteiger charge is -2.22. The van der Waals surface area contributed by atoms with Gasteiger partial charge in [-0.1, -0.05) is 0 Å². The SMILES string of the molecule is Cc1cc(O)ccc1-c1nnc2n1CCC(CN)C2. The molecule has 0 spiro atoms. The van der Waals surface area contributed by atoms with E-state index in [-0.39, 0.29) is 5.75 Å². The van der Waals surface area contributed by atoms with E-state index in [0.29, 0.717) is 12.5 Å². The zero-order valence-corrected chi connectivity index (χ0v) is 11.0. The van der Waals surface area contributed by atoms with Gasteiger partial charge in [-0.2, -0.15) is 0 Å². The second-order valence-corrected chi connectivity index (χ2v) is 5.19. The first kappa shape index (κ1) is 12.2. The summed E-state index contributed by atoms with van der Waals surface area (Å²) in [5.41, 5.74) is 7.77. The van der Waals surface area contributed by atoms with Crippen LogP contribution in [0.4, 0.5) is 0 Å². The van der Waals surface area contributed by atoms with Crippen LogP contribution in [0.5, 0.6) is 5.75 Å². The predicted octanol–water partition coefficient (Wildman–Crippen LogP) is 1.48. The molecule has 0 aliphatic carbocycles. The molecule has 2 aromatic rings. The van der Waals surface area contributed by atoms with Crippen molar-refractivity contribution in [3.05, 3.63) is 29.6 Å². The minimum Gasteiger partial charge on any atom is -0.508 e. The molecule has 0 saturated carbocycles. The second-order valence-electron chi connectivity index (χ2n) is 5.19. The van der Waals surface area contributed by atoms with Gasteiger partial charge in [0, 0.05) is 18.5 Å². The van der Waals surface area contributed by atoms with Crippen LogP contribution in [0.1, 0.15) is 17.8 Å². The highest BCUT2D eigenvalue weighted by molar-refractivity contribution is 5.61. The van der Waals surface area contributed by atoms with Gasteiger partial charge in [0.1, 0.15) is 11.6 Å². The number of aromatic nitrogens is 3. The number of hydrogen-bond acceptors (Lipinski definition) is 4. The number of aromatic hydroxyl groups is 1. The van der Waals surface area contributed by atoms with Gasteiger partial charge < -0.3 is 15.4 Å². The third-order valence-corrected chi connectivity index (χ3v) is 3.84. The molecule has 1 aliphatic rings. The topological polar surface area (TPSA) is 77.0 Å². The molecule has 3 N–H and O–H groups in total. The van der Waals surface area contributed by atoms with Gasteiger partial charge in [-0.25, -0.2) is 0 Å². The van der Waals surface area contributed by atoms with Crippen LogP contribution in [0.3, 0.4) is 0 Å². The molecule has 1 unspecified atom stereocenters. The predicted molar refractivity (Wildman–Crippen MR) is 72.7 cm³/mol. The largest absolute Gasteiger partial charge is 0.508 e. The summed E-state index contributed by atoms with van der Waals surface area (Å²) < 4.78 is 2.17. The summed E-state index contributed by atoms with van der Waals surface area (Å²) in [6, 6.07) is 5.34. The lowest BCUT2D eigenvalue weighted by Crippen LogP contribution is -2.25. The molecule has 0 radical (unpaired) electrons. The van der Waals surface area contributed by atoms with Crippen LogP contribution in [-0.4, -0.2) is 26.4 Å². The lowest BCUT2D eigenvalue weighted by atomic mass is 9.97. The Balaban J connectivity index is 2.01. The van der Waals surface area contributed by atoms with Crippen molar-refractivity contribution < 1.29 is 5.11 Å². The highest BCUT2D eigenvalue weighted by Crippen LogP contribution is 2.28. The van der Waals surface area contributed by atoms with E-state index in [2.05, 4.69) is 14.8 Å². The minimum atomic E-state index is 0.280. The maximum absolute atomic E-state index is 9.48. The molecular formula is C14H18N4O. The Hall–Kier alpha value is -1.88. The zero-order valence-electron chi connectivity index (χ0n) is 11.0. The quantitative estimate of drug-likeness (QED) is 0.855. The lowest BCUT2D eigenvalue weighted by molar-refractivity contribution is 0.391. The van der Waals surface area contributed by atoms with Gasteiger partial charge in [0.25, 0.3) is 0 Å². The number of phenolic OH excluding ortho intramolecular Hbond substituents is 1. The Bertz CT molecular complexity index is 605. The van der Waals surface area contributed by atoms with E-state index in [9.17, 15) is 5.11 Å². The van der Waals surface area contributed by atoms with E-state index in [1.54, 1.807) is 12.1 Å². The smallest absolute Gasteiger partial charge is 0.164 e. The molecule has 1 aliphatic heterocycles. The molecule has 1 atom stereocenters. The third kappa shape index (κ3) is 2.10. The van der Waals surface area contributed by atoms with Crippen molar-refractivity contribution in [2.45, 2.75) is 26.3 Å². The number of fused-ring (bicyclic) bond motifs is 1. The first-order chi connectivity index (χ1) is 9.19. The molecule has 1 aromatic carbocycles. The van der Waals surface area contributed by atoms with E-state index < -0.39 is 0 Å². The monoisotopic (exact) mass is 258 g/mol. The number of nitrogens with zero attached hydrogens (tertiary/aromatic N) is 3. The third-order valence-electron chi connectivity index (χ3n) is 3.84. The van der Waals surface area contributed by atoms with E-state index in [1.807, 2.05) is 13.0 Å². The Morgan fingerprint density at radius 2 is 2.26 bits per heavy atom. The van der Waals surface area contributed by atoms with Gasteiger partial charge in [-0.05, 0) is 49.6 Å². The van der Waals surface area contributed by atoms with Crippen molar-refractivity contribution in [1.29, 1.82) is 0 Å². The Morgan fingerprint density at radius 3 is 3.00 bits per heavy atom. The molecule has 19 heavy (non-hydrogen) atoms. The summed E-state index contributed by atoms with van der Waals surface area (Å²) in [5.74, 6) is 2.71. The van der Waals surface area contributed by atoms with Crippen LogP contribution in [0.25, 0.3) is 11.4 Å². The molecule has 2 heterocycles. The van der Waals surface area contributed by atoms with Gasteiger partial charge in [0.15, 0.2) is 5.82 Å². The fourth-order valence-corrected chi connectivity index (χ4v) is 2.69. The molecule has 0 bridgehead atoms. The number of aryl methyl sites for hydroxylation is 1. The maximum Gasteiger partial charge on any atom is 0.164 e. The highest BCUT2D eigenvalue weighted by atomic mass is 16.3. The second kappa shape index (κ2) is 4.66. The van der Waals surface area contributed by atoms with E-state index in [4.69, 9.17) is 5.73 Å². The normalized spacial score (nSPS) is 18.3. The summed E-state index contributed by atoms with van der Waals surface area (Å²) in [5, 5.41) is 18.1. The van der Waals surface area contributed by atoms with Crippen LogP contribution >= 0.6 is 0 Å². The Morgan fingerprint density at radius 1 is 1.42 bits per heavy atom. The van der Waals surface area contributed by atoms with Gasteiger partial charge in [-0.3, -0.25) is 0 Å². The summed E-state index contributed by atoms with van der Waals surface area (Å²) >= 11 is 0. The molecule has 0 fully saturated rings. The van der Waals surface area contributed by atoms with Crippen LogP contribution in [0.2, 0.25) is 0 Å². The van der Waals surface area contributed by atoms with Crippen molar-refractivity contribution in [1.82, 2.24) is 14.8 Å². The van der Waals surface area contributed by atoms with Crippen LogP contribution in [0.15, 0.2) is 18.2 Å². The molecule has 0 amide bonds. The molecule has 100 valence electrons. The number of phenols is 1. The average molecular weight is 258 g/mol. The standard InChI is InChI=1S/C14H18N4O/c1-9-6-11(19)2-3-12(9)14-17-16-13-7-10(8-15)4-5-18(13)14/h2-3,6,10,19H,4-5,7-8,15H2,1H3. The summed E-state index contributed by atoms with van der Waals surface area (Å²) in [6.45, 7) is 3.60. The first-order valence-electron chi connectivity index (χ1n) is 6.61. The average Bonchev–Trinajstić information content (AvgIpc) is 2.81. The van der Waals surface area contributed by atoms with E-state index >= 15 is 0 Å². The van der Waals surface area contributed by atoms with Gasteiger partial charge in [-0.15, -0.1) is 10.2 Å². The maximum atomic E-state index is 9.48. The molecule has 0 saturated heterocycles. The zero-order chi connectivity index (χ0) is 13.4. The van der Waals surface area contributed by atoms with Crippen molar-refractivity contribution >= 4 is 0 Å². The van der Waals surface area contributed by atoms with Crippen LogP contribution < -0.4 is 5.73 Å². The number of hydrogen-bond donors (Lipinski definition) is 2. The van der Waals surface area contributed by atoms with E-state index in [1.165, 1.54) is 0 Å². The number of nitrogens with two attached hydrogens (primary N) is 1. The Labute approximate surface area is 112 Å². The summed E-state index contributed by atoms with van der Waals surface area (Å²) in [6.07, 6.45) is 1.98. The van der Waals surface area contributed by atoms with E-state index in [0.717, 1.165) is 42.2 Å². The van der Waals surface area contributed by atoms with Crippen LogP contribution in [0, 0.1) is 12.8 Å². The molecule has 5 nitrogen and oxygen atoms in total. The van der Waals surface area contributed by atoms with Crippen LogP contribution in [-0.2, 0) is 13.0 Å². The molecule has 5 heteroatoms. The first-order valence-corrected chi connectivity index (χ1v) is 6.61. The minimum absolute atomic E-state index is 0.280. The fourth-order valence-electron chi connectivity index (χ4n) is 2.69. The molecule has 1 aromatic heterocycles. The number of benzene rings is 1. The summed E-state index contributed by atoms with van der Waals surface area (Å²) in [4.78, 5) is 0. The van der Waals surface area contributed by atoms with Crippen molar-refractivity contribution in [2.24, 2.45) is 11.7 Å². The molecular weight excluding hydrogens is 240 g/mol. The summed E-state index contributed by atoms with van der Waals surface area (Å²) in [7, 11) is 0. The van der Waals surface area contributed by atoms with Gasteiger partial charge in [0.05, 0.1) is 0 Å². The number of rotatable bonds is 2. The van der Waals surface area contributed by atoms with Crippen molar-refractivity contribution in [3.63, 3.8) is 0 Å². The van der Waals surface area contributed by atoms with Crippen molar-refractivity contribution in [3.8, 4) is 17.1 Å². The highest BCUT2D eigenvalue weighted by Gasteiger charge is 2.23. The fraction of sp³-hybridized carbons (Fsp3) is 0.429. The van der Waals surface area contributed by atoms with Gasteiger partial charge >= 0.3 is 0 Å². The Kier molecular flexibility index (Phi) is 2.98. The van der Waals surface area contributed by atoms with Crippen molar-refractivity contribution in [2.75, 3.05) is 6.54 Å².